The molecule has 0 aliphatic heterocycles. The number of rotatable bonds is 5. The smallest absolute Gasteiger partial charge is 0.0486 e. The predicted molar refractivity (Wildman–Crippen MR) is 79.1 cm³/mol. The summed E-state index contributed by atoms with van der Waals surface area (Å²) < 4.78 is 2.40. The monoisotopic (exact) mass is 244 g/mol. The fraction of sp³-hybridized carbons (Fsp3) is 0.500. The van der Waals surface area contributed by atoms with Crippen LogP contribution in [-0.2, 0) is 13.0 Å². The second-order valence-electron chi connectivity index (χ2n) is 5.19. The van der Waals surface area contributed by atoms with E-state index in [9.17, 15) is 0 Å². The highest BCUT2D eigenvalue weighted by Gasteiger charge is 2.09. The zero-order chi connectivity index (χ0) is 13.1. The van der Waals surface area contributed by atoms with Gasteiger partial charge in [0.05, 0.1) is 0 Å². The van der Waals surface area contributed by atoms with Crippen LogP contribution in [0.5, 0.6) is 0 Å². The number of fused-ring (bicyclic) bond motifs is 1. The van der Waals surface area contributed by atoms with Crippen LogP contribution >= 0.6 is 0 Å². The lowest BCUT2D eigenvalue weighted by atomic mass is 10.0. The zero-order valence-electron chi connectivity index (χ0n) is 11.8. The molecule has 0 atom stereocenters. The Morgan fingerprint density at radius 3 is 2.56 bits per heavy atom. The first-order valence-electron chi connectivity index (χ1n) is 6.96. The van der Waals surface area contributed by atoms with Crippen LogP contribution in [0.2, 0.25) is 0 Å². The van der Waals surface area contributed by atoms with Crippen molar-refractivity contribution in [3.05, 3.63) is 35.0 Å². The largest absolute Gasteiger partial charge is 0.347 e. The lowest BCUT2D eigenvalue weighted by Crippen LogP contribution is -2.02. The third kappa shape index (κ3) is 2.44. The summed E-state index contributed by atoms with van der Waals surface area (Å²) >= 11 is 0. The van der Waals surface area contributed by atoms with Gasteiger partial charge in [0.15, 0.2) is 0 Å². The van der Waals surface area contributed by atoms with Crippen LogP contribution in [0, 0.1) is 13.8 Å². The molecule has 98 valence electrons. The molecule has 0 aliphatic rings. The van der Waals surface area contributed by atoms with Gasteiger partial charge in [0.2, 0.25) is 0 Å². The molecule has 2 heteroatoms. The van der Waals surface area contributed by atoms with Crippen LogP contribution < -0.4 is 5.73 Å². The summed E-state index contributed by atoms with van der Waals surface area (Å²) in [6.45, 7) is 8.45. The molecule has 2 N–H and O–H groups in total. The van der Waals surface area contributed by atoms with E-state index in [4.69, 9.17) is 5.73 Å². The first-order chi connectivity index (χ1) is 8.67. The van der Waals surface area contributed by atoms with Gasteiger partial charge in [-0.15, -0.1) is 0 Å². The van der Waals surface area contributed by atoms with Crippen molar-refractivity contribution in [2.45, 2.75) is 46.6 Å². The molecule has 2 aromatic rings. The summed E-state index contributed by atoms with van der Waals surface area (Å²) in [4.78, 5) is 0. The molecule has 18 heavy (non-hydrogen) atoms. The minimum atomic E-state index is 0.722. The molecule has 0 bridgehead atoms. The van der Waals surface area contributed by atoms with E-state index in [1.54, 1.807) is 0 Å². The van der Waals surface area contributed by atoms with E-state index in [-0.39, 0.29) is 0 Å². The van der Waals surface area contributed by atoms with Crippen molar-refractivity contribution in [3.63, 3.8) is 0 Å². The molecule has 0 saturated carbocycles. The van der Waals surface area contributed by atoms with Crippen LogP contribution in [-0.4, -0.2) is 11.1 Å². The summed E-state index contributed by atoms with van der Waals surface area (Å²) in [5.74, 6) is 0. The number of aryl methyl sites for hydroxylation is 3. The van der Waals surface area contributed by atoms with Gasteiger partial charge in [0, 0.05) is 23.6 Å². The number of nitrogens with two attached hydrogens (primary N) is 1. The fourth-order valence-electron chi connectivity index (χ4n) is 2.49. The minimum absolute atomic E-state index is 0.722. The maximum absolute atomic E-state index is 5.72. The maximum atomic E-state index is 5.72. The molecule has 2 nitrogen and oxygen atoms in total. The second kappa shape index (κ2) is 5.57. The van der Waals surface area contributed by atoms with Crippen molar-refractivity contribution in [3.8, 4) is 0 Å². The number of unbranched alkanes of at least 4 members (excludes halogenated alkanes) is 1. The van der Waals surface area contributed by atoms with E-state index in [2.05, 4.69) is 43.7 Å². The molecule has 0 amide bonds. The van der Waals surface area contributed by atoms with E-state index in [1.165, 1.54) is 40.4 Å². The summed E-state index contributed by atoms with van der Waals surface area (Å²) in [6, 6.07) is 4.64. The fourth-order valence-corrected chi connectivity index (χ4v) is 2.49. The third-order valence-corrected chi connectivity index (χ3v) is 3.75. The molecule has 1 aromatic heterocycles. The van der Waals surface area contributed by atoms with Crippen LogP contribution in [0.1, 0.15) is 36.5 Å². The minimum Gasteiger partial charge on any atom is -0.347 e. The Bertz CT molecular complexity index is 538. The molecule has 0 spiro atoms. The molecule has 0 fully saturated rings. The first kappa shape index (κ1) is 13.2. The van der Waals surface area contributed by atoms with E-state index < -0.39 is 0 Å². The molecule has 0 unspecified atom stereocenters. The summed E-state index contributed by atoms with van der Waals surface area (Å²) in [7, 11) is 0. The molecular formula is C16H24N2. The summed E-state index contributed by atoms with van der Waals surface area (Å²) in [6.07, 6.45) is 5.74. The normalized spacial score (nSPS) is 11.3. The Balaban J connectivity index is 2.53. The molecule has 0 saturated heterocycles. The van der Waals surface area contributed by atoms with Gasteiger partial charge >= 0.3 is 0 Å². The van der Waals surface area contributed by atoms with Crippen molar-refractivity contribution < 1.29 is 0 Å². The first-order valence-corrected chi connectivity index (χ1v) is 6.96. The Morgan fingerprint density at radius 2 is 1.89 bits per heavy atom. The predicted octanol–water partition coefficient (Wildman–Crippen LogP) is 3.56. The number of hydrogen-bond acceptors (Lipinski definition) is 1. The Hall–Kier alpha value is -1.28. The van der Waals surface area contributed by atoms with Crippen molar-refractivity contribution >= 4 is 10.9 Å². The van der Waals surface area contributed by atoms with Gasteiger partial charge in [-0.3, -0.25) is 0 Å². The van der Waals surface area contributed by atoms with Gasteiger partial charge in [-0.2, -0.15) is 0 Å². The number of aromatic nitrogens is 1. The molecule has 1 aromatic carbocycles. The highest BCUT2D eigenvalue weighted by atomic mass is 15.0. The molecule has 1 heterocycles. The van der Waals surface area contributed by atoms with E-state index in [0.717, 1.165) is 19.5 Å². The number of nitrogens with zero attached hydrogens (tertiary/aromatic N) is 1. The van der Waals surface area contributed by atoms with Crippen LogP contribution in [0.25, 0.3) is 10.9 Å². The van der Waals surface area contributed by atoms with Gasteiger partial charge < -0.3 is 10.3 Å². The standard InChI is InChI=1S/C16H24N2/c1-4-5-8-18-11-14(6-7-17)15-9-12(2)13(3)10-16(15)18/h9-11H,4-8,17H2,1-3H3. The highest BCUT2D eigenvalue weighted by Crippen LogP contribution is 2.25. The Labute approximate surface area is 110 Å². The van der Waals surface area contributed by atoms with Gasteiger partial charge in [-0.05, 0) is 62.1 Å². The van der Waals surface area contributed by atoms with E-state index in [1.807, 2.05) is 0 Å². The van der Waals surface area contributed by atoms with Crippen LogP contribution in [0.3, 0.4) is 0 Å². The number of benzene rings is 1. The highest BCUT2D eigenvalue weighted by molar-refractivity contribution is 5.85. The Kier molecular flexibility index (Phi) is 4.07. The van der Waals surface area contributed by atoms with Gasteiger partial charge in [0.1, 0.15) is 0 Å². The van der Waals surface area contributed by atoms with E-state index >= 15 is 0 Å². The van der Waals surface area contributed by atoms with Crippen LogP contribution in [0.15, 0.2) is 18.3 Å². The number of hydrogen-bond donors (Lipinski definition) is 1. The van der Waals surface area contributed by atoms with E-state index in [0.29, 0.717) is 0 Å². The zero-order valence-corrected chi connectivity index (χ0v) is 11.8. The molecular weight excluding hydrogens is 220 g/mol. The topological polar surface area (TPSA) is 30.9 Å². The summed E-state index contributed by atoms with van der Waals surface area (Å²) in [5.41, 5.74) is 11.2. The second-order valence-corrected chi connectivity index (χ2v) is 5.19. The Morgan fingerprint density at radius 1 is 1.17 bits per heavy atom. The lowest BCUT2D eigenvalue weighted by Gasteiger charge is -2.06. The van der Waals surface area contributed by atoms with Crippen molar-refractivity contribution in [1.29, 1.82) is 0 Å². The molecule has 0 radical (unpaired) electrons. The average molecular weight is 244 g/mol. The van der Waals surface area contributed by atoms with Gasteiger partial charge in [-0.1, -0.05) is 13.3 Å². The van der Waals surface area contributed by atoms with Gasteiger partial charge in [-0.25, -0.2) is 0 Å². The van der Waals surface area contributed by atoms with Gasteiger partial charge in [0.25, 0.3) is 0 Å². The SMILES string of the molecule is CCCCn1cc(CCN)c2cc(C)c(C)cc21. The van der Waals surface area contributed by atoms with Crippen LogP contribution in [0.4, 0.5) is 0 Å². The van der Waals surface area contributed by atoms with Crippen molar-refractivity contribution in [2.75, 3.05) is 6.54 Å². The lowest BCUT2D eigenvalue weighted by molar-refractivity contribution is 0.648. The molecule has 2 rings (SSSR count). The van der Waals surface area contributed by atoms with Crippen molar-refractivity contribution in [1.82, 2.24) is 4.57 Å². The summed E-state index contributed by atoms with van der Waals surface area (Å²) in [5, 5.41) is 1.39. The quantitative estimate of drug-likeness (QED) is 0.856. The molecule has 0 aliphatic carbocycles. The average Bonchev–Trinajstić information content (AvgIpc) is 2.66. The van der Waals surface area contributed by atoms with Crippen molar-refractivity contribution in [2.24, 2.45) is 5.73 Å². The third-order valence-electron chi connectivity index (χ3n) is 3.75. The maximum Gasteiger partial charge on any atom is 0.0486 e.